The molecule has 0 spiro atoms. The van der Waals surface area contributed by atoms with Crippen LogP contribution in [0.15, 0.2) is 17.5 Å². The van der Waals surface area contributed by atoms with Gasteiger partial charge in [-0.2, -0.15) is 0 Å². The minimum Gasteiger partial charge on any atom is -0.481 e. The van der Waals surface area contributed by atoms with Crippen LogP contribution in [0.25, 0.3) is 0 Å². The number of rotatable bonds is 8. The van der Waals surface area contributed by atoms with Gasteiger partial charge in [0.05, 0.1) is 5.75 Å². The smallest absolute Gasteiger partial charge is 0.303 e. The topological polar surface area (TPSA) is 66.4 Å². The molecule has 1 atom stereocenters. The maximum absolute atomic E-state index is 11.6. The summed E-state index contributed by atoms with van der Waals surface area (Å²) in [5.41, 5.74) is 0. The van der Waals surface area contributed by atoms with Crippen LogP contribution in [-0.2, 0) is 15.3 Å². The Morgan fingerprint density at radius 2 is 2.33 bits per heavy atom. The summed E-state index contributed by atoms with van der Waals surface area (Å²) in [5, 5.41) is 13.3. The fourth-order valence-electron chi connectivity index (χ4n) is 1.37. The van der Waals surface area contributed by atoms with Crippen molar-refractivity contribution in [1.29, 1.82) is 0 Å². The van der Waals surface area contributed by atoms with Crippen LogP contribution in [0.3, 0.4) is 0 Å². The Morgan fingerprint density at radius 3 is 2.94 bits per heavy atom. The van der Waals surface area contributed by atoms with E-state index in [9.17, 15) is 9.59 Å². The summed E-state index contributed by atoms with van der Waals surface area (Å²) in [7, 11) is 0. The van der Waals surface area contributed by atoms with Crippen LogP contribution in [0.4, 0.5) is 0 Å². The van der Waals surface area contributed by atoms with Gasteiger partial charge >= 0.3 is 5.97 Å². The molecule has 2 N–H and O–H groups in total. The third kappa shape index (κ3) is 6.66. The van der Waals surface area contributed by atoms with Crippen molar-refractivity contribution < 1.29 is 14.7 Å². The first kappa shape index (κ1) is 15.0. The Labute approximate surface area is 115 Å². The molecule has 1 unspecified atom stereocenters. The summed E-state index contributed by atoms with van der Waals surface area (Å²) in [5.74, 6) is 0.391. The summed E-state index contributed by atoms with van der Waals surface area (Å²) >= 11 is 3.25. The fourth-order valence-corrected chi connectivity index (χ4v) is 3.05. The Morgan fingerprint density at radius 1 is 1.56 bits per heavy atom. The molecule has 1 amide bonds. The number of hydrogen-bond donors (Lipinski definition) is 2. The van der Waals surface area contributed by atoms with E-state index >= 15 is 0 Å². The highest BCUT2D eigenvalue weighted by atomic mass is 32.2. The molecule has 0 saturated heterocycles. The first-order valence-electron chi connectivity index (χ1n) is 5.69. The molecule has 0 aliphatic carbocycles. The van der Waals surface area contributed by atoms with E-state index < -0.39 is 5.97 Å². The average Bonchev–Trinajstić information content (AvgIpc) is 2.79. The molecule has 1 aromatic rings. The van der Waals surface area contributed by atoms with Gasteiger partial charge in [0.1, 0.15) is 0 Å². The lowest BCUT2D eigenvalue weighted by Gasteiger charge is -2.12. The summed E-state index contributed by atoms with van der Waals surface area (Å²) in [4.78, 5) is 23.2. The zero-order valence-corrected chi connectivity index (χ0v) is 11.9. The maximum atomic E-state index is 11.6. The standard InChI is InChI=1S/C12H17NO3S2/c1-9(4-5-12(15)16)13-11(14)8-17-7-10-3-2-6-18-10/h2-3,6,9H,4-5,7-8H2,1H3,(H,13,14)(H,15,16). The van der Waals surface area contributed by atoms with Gasteiger partial charge in [-0.05, 0) is 24.8 Å². The van der Waals surface area contributed by atoms with Gasteiger partial charge in [-0.25, -0.2) is 0 Å². The number of hydrogen-bond acceptors (Lipinski definition) is 4. The van der Waals surface area contributed by atoms with E-state index in [-0.39, 0.29) is 18.4 Å². The number of carbonyl (C=O) groups excluding carboxylic acids is 1. The number of carbonyl (C=O) groups is 2. The molecule has 6 heteroatoms. The van der Waals surface area contributed by atoms with Crippen LogP contribution in [0, 0.1) is 0 Å². The summed E-state index contributed by atoms with van der Waals surface area (Å²) in [6.45, 7) is 1.82. The molecule has 0 aromatic carbocycles. The fraction of sp³-hybridized carbons (Fsp3) is 0.500. The lowest BCUT2D eigenvalue weighted by atomic mass is 10.2. The van der Waals surface area contributed by atoms with Gasteiger partial charge < -0.3 is 10.4 Å². The van der Waals surface area contributed by atoms with Crippen molar-refractivity contribution in [2.75, 3.05) is 5.75 Å². The second-order valence-corrected chi connectivity index (χ2v) is 5.99. The largest absolute Gasteiger partial charge is 0.481 e. The van der Waals surface area contributed by atoms with Crippen molar-refractivity contribution in [3.05, 3.63) is 22.4 Å². The van der Waals surface area contributed by atoms with Crippen molar-refractivity contribution in [2.24, 2.45) is 0 Å². The van der Waals surface area contributed by atoms with E-state index in [1.807, 2.05) is 24.4 Å². The minimum absolute atomic E-state index is 0.0329. The Hall–Kier alpha value is -1.01. The number of amides is 1. The highest BCUT2D eigenvalue weighted by molar-refractivity contribution is 7.99. The first-order valence-corrected chi connectivity index (χ1v) is 7.72. The molecule has 4 nitrogen and oxygen atoms in total. The van der Waals surface area contributed by atoms with E-state index in [0.29, 0.717) is 12.2 Å². The molecule has 0 fully saturated rings. The van der Waals surface area contributed by atoms with Crippen LogP contribution in [-0.4, -0.2) is 28.8 Å². The van der Waals surface area contributed by atoms with Crippen LogP contribution in [0.5, 0.6) is 0 Å². The van der Waals surface area contributed by atoms with Crippen LogP contribution >= 0.6 is 23.1 Å². The highest BCUT2D eigenvalue weighted by Gasteiger charge is 2.09. The molecule has 100 valence electrons. The SMILES string of the molecule is CC(CCC(=O)O)NC(=O)CSCc1cccs1. The van der Waals surface area contributed by atoms with Gasteiger partial charge in [0.25, 0.3) is 0 Å². The number of carboxylic acids is 1. The lowest BCUT2D eigenvalue weighted by Crippen LogP contribution is -2.34. The van der Waals surface area contributed by atoms with E-state index in [1.165, 1.54) is 4.88 Å². The average molecular weight is 287 g/mol. The number of thiophene rings is 1. The van der Waals surface area contributed by atoms with Crippen LogP contribution < -0.4 is 5.32 Å². The number of aliphatic carboxylic acids is 1. The van der Waals surface area contributed by atoms with Crippen molar-refractivity contribution in [2.45, 2.75) is 31.6 Å². The van der Waals surface area contributed by atoms with Crippen molar-refractivity contribution in [3.63, 3.8) is 0 Å². The normalized spacial score (nSPS) is 12.1. The van der Waals surface area contributed by atoms with Gasteiger partial charge in [-0.1, -0.05) is 6.07 Å². The summed E-state index contributed by atoms with van der Waals surface area (Å²) in [6.07, 6.45) is 0.556. The third-order valence-electron chi connectivity index (χ3n) is 2.26. The van der Waals surface area contributed by atoms with E-state index in [0.717, 1.165) is 5.75 Å². The molecule has 18 heavy (non-hydrogen) atoms. The van der Waals surface area contributed by atoms with E-state index in [2.05, 4.69) is 5.32 Å². The molecule has 0 radical (unpaired) electrons. The van der Waals surface area contributed by atoms with Crippen molar-refractivity contribution in [3.8, 4) is 0 Å². The predicted octanol–water partition coefficient (Wildman–Crippen LogP) is 2.35. The molecule has 1 heterocycles. The predicted molar refractivity (Wildman–Crippen MR) is 75.0 cm³/mol. The number of thioether (sulfide) groups is 1. The van der Waals surface area contributed by atoms with Crippen LogP contribution in [0.2, 0.25) is 0 Å². The molecule has 0 aliphatic heterocycles. The summed E-state index contributed by atoms with van der Waals surface area (Å²) < 4.78 is 0. The highest BCUT2D eigenvalue weighted by Crippen LogP contribution is 2.16. The van der Waals surface area contributed by atoms with E-state index in [1.54, 1.807) is 23.1 Å². The molecule has 0 saturated carbocycles. The van der Waals surface area contributed by atoms with Gasteiger partial charge in [-0.15, -0.1) is 23.1 Å². The Balaban J connectivity index is 2.11. The van der Waals surface area contributed by atoms with Crippen LogP contribution in [0.1, 0.15) is 24.6 Å². The lowest BCUT2D eigenvalue weighted by molar-refractivity contribution is -0.137. The van der Waals surface area contributed by atoms with Gasteiger partial charge in [-0.3, -0.25) is 9.59 Å². The number of nitrogens with one attached hydrogen (secondary N) is 1. The number of carboxylic acid groups (broad SMARTS) is 1. The van der Waals surface area contributed by atoms with E-state index in [4.69, 9.17) is 5.11 Å². The second kappa shape index (κ2) is 8.16. The molecular formula is C12H17NO3S2. The third-order valence-corrected chi connectivity index (χ3v) is 4.30. The minimum atomic E-state index is -0.830. The van der Waals surface area contributed by atoms with Gasteiger partial charge in [0.15, 0.2) is 0 Å². The first-order chi connectivity index (χ1) is 8.58. The Kier molecular flexibility index (Phi) is 6.82. The second-order valence-electron chi connectivity index (χ2n) is 3.97. The molecule has 1 aromatic heterocycles. The quantitative estimate of drug-likeness (QED) is 0.770. The Bertz CT molecular complexity index is 379. The van der Waals surface area contributed by atoms with Gasteiger partial charge in [0.2, 0.25) is 5.91 Å². The monoisotopic (exact) mass is 287 g/mol. The molecule has 1 rings (SSSR count). The molecular weight excluding hydrogens is 270 g/mol. The zero-order valence-electron chi connectivity index (χ0n) is 10.2. The van der Waals surface area contributed by atoms with Crippen molar-refractivity contribution in [1.82, 2.24) is 5.32 Å². The van der Waals surface area contributed by atoms with Crippen molar-refractivity contribution >= 4 is 35.0 Å². The maximum Gasteiger partial charge on any atom is 0.303 e. The summed E-state index contributed by atoms with van der Waals surface area (Å²) in [6, 6.07) is 3.95. The van der Waals surface area contributed by atoms with Gasteiger partial charge in [0, 0.05) is 23.1 Å². The molecule has 0 aliphatic rings. The zero-order chi connectivity index (χ0) is 13.4. The molecule has 0 bridgehead atoms.